The smallest absolute Gasteiger partial charge is 0.253 e. The molecule has 142 valence electrons. The summed E-state index contributed by atoms with van der Waals surface area (Å²) in [7, 11) is 0. The summed E-state index contributed by atoms with van der Waals surface area (Å²) in [6, 6.07) is 11.5. The molecule has 3 rings (SSSR count). The first-order chi connectivity index (χ1) is 12.9. The third kappa shape index (κ3) is 4.51. The van der Waals surface area contributed by atoms with Crippen LogP contribution in [0.2, 0.25) is 0 Å². The highest BCUT2D eigenvalue weighted by molar-refractivity contribution is 5.95. The van der Waals surface area contributed by atoms with Crippen LogP contribution in [-0.2, 0) is 11.3 Å². The minimum Gasteiger partial charge on any atom is -0.351 e. The second kappa shape index (κ2) is 7.86. The summed E-state index contributed by atoms with van der Waals surface area (Å²) >= 11 is 0. The van der Waals surface area contributed by atoms with Crippen LogP contribution in [0.4, 0.5) is 8.78 Å². The van der Waals surface area contributed by atoms with E-state index < -0.39 is 11.2 Å². The average Bonchev–Trinajstić information content (AvgIpc) is 2.66. The lowest BCUT2D eigenvalue weighted by Crippen LogP contribution is -2.51. The fourth-order valence-electron chi connectivity index (χ4n) is 3.40. The van der Waals surface area contributed by atoms with Crippen molar-refractivity contribution in [2.45, 2.75) is 26.3 Å². The van der Waals surface area contributed by atoms with Gasteiger partial charge >= 0.3 is 0 Å². The van der Waals surface area contributed by atoms with Crippen LogP contribution in [0.5, 0.6) is 0 Å². The molecule has 1 N–H and O–H groups in total. The number of halogens is 2. The van der Waals surface area contributed by atoms with Crippen molar-refractivity contribution in [3.8, 4) is 0 Å². The van der Waals surface area contributed by atoms with Gasteiger partial charge in [-0.15, -0.1) is 0 Å². The standard InChI is InChI=1S/C21H22F2N2O2/c1-21(20(27)24-13-15-6-8-17(22)9-7-15)10-3-11-25(14-21)19(26)16-4-2-5-18(23)12-16/h2,4-9,12H,3,10-11,13-14H2,1H3,(H,24,27). The number of carbonyl (C=O) groups excluding carboxylic acids is 2. The van der Waals surface area contributed by atoms with E-state index in [9.17, 15) is 18.4 Å². The zero-order valence-corrected chi connectivity index (χ0v) is 15.2. The zero-order chi connectivity index (χ0) is 19.4. The van der Waals surface area contributed by atoms with E-state index in [0.717, 1.165) is 5.56 Å². The van der Waals surface area contributed by atoms with Crippen LogP contribution in [0.15, 0.2) is 48.5 Å². The zero-order valence-electron chi connectivity index (χ0n) is 15.2. The average molecular weight is 372 g/mol. The van der Waals surface area contributed by atoms with E-state index in [1.165, 1.54) is 30.3 Å². The highest BCUT2D eigenvalue weighted by Gasteiger charge is 2.39. The summed E-state index contributed by atoms with van der Waals surface area (Å²) in [6.07, 6.45) is 1.36. The maximum Gasteiger partial charge on any atom is 0.253 e. The Bertz CT molecular complexity index is 838. The molecule has 0 bridgehead atoms. The molecule has 6 heteroatoms. The number of benzene rings is 2. The Hall–Kier alpha value is -2.76. The van der Waals surface area contributed by atoms with Crippen LogP contribution in [0.3, 0.4) is 0 Å². The molecule has 0 aliphatic carbocycles. The van der Waals surface area contributed by atoms with Gasteiger partial charge in [-0.25, -0.2) is 8.78 Å². The number of hydrogen-bond donors (Lipinski definition) is 1. The Morgan fingerprint density at radius 3 is 2.56 bits per heavy atom. The number of nitrogens with zero attached hydrogens (tertiary/aromatic N) is 1. The predicted molar refractivity (Wildman–Crippen MR) is 97.9 cm³/mol. The van der Waals surface area contributed by atoms with Gasteiger partial charge in [0.25, 0.3) is 5.91 Å². The third-order valence-corrected chi connectivity index (χ3v) is 4.97. The minimum atomic E-state index is -0.721. The minimum absolute atomic E-state index is 0.149. The summed E-state index contributed by atoms with van der Waals surface area (Å²) < 4.78 is 26.4. The topological polar surface area (TPSA) is 49.4 Å². The van der Waals surface area contributed by atoms with Gasteiger partial charge in [0.15, 0.2) is 0 Å². The number of carbonyl (C=O) groups is 2. The first-order valence-electron chi connectivity index (χ1n) is 8.95. The molecule has 1 atom stereocenters. The van der Waals surface area contributed by atoms with Crippen molar-refractivity contribution >= 4 is 11.8 Å². The van der Waals surface area contributed by atoms with E-state index in [2.05, 4.69) is 5.32 Å². The molecule has 27 heavy (non-hydrogen) atoms. The Labute approximate surface area is 157 Å². The Morgan fingerprint density at radius 1 is 1.11 bits per heavy atom. The molecule has 1 heterocycles. The molecule has 2 aromatic carbocycles. The fourth-order valence-corrected chi connectivity index (χ4v) is 3.40. The van der Waals surface area contributed by atoms with Crippen molar-refractivity contribution in [1.29, 1.82) is 0 Å². The Kier molecular flexibility index (Phi) is 5.54. The quantitative estimate of drug-likeness (QED) is 0.893. The van der Waals surface area contributed by atoms with E-state index in [1.54, 1.807) is 23.1 Å². The second-order valence-electron chi connectivity index (χ2n) is 7.21. The molecule has 0 radical (unpaired) electrons. The van der Waals surface area contributed by atoms with Gasteiger partial charge in [-0.2, -0.15) is 0 Å². The molecule has 2 aromatic rings. The van der Waals surface area contributed by atoms with Crippen LogP contribution in [0.1, 0.15) is 35.7 Å². The van der Waals surface area contributed by atoms with E-state index in [0.29, 0.717) is 25.9 Å². The van der Waals surface area contributed by atoms with E-state index in [4.69, 9.17) is 0 Å². The molecule has 1 unspecified atom stereocenters. The predicted octanol–water partition coefficient (Wildman–Crippen LogP) is 3.52. The molecule has 0 aromatic heterocycles. The first-order valence-corrected chi connectivity index (χ1v) is 8.95. The van der Waals surface area contributed by atoms with Crippen LogP contribution in [0.25, 0.3) is 0 Å². The summed E-state index contributed by atoms with van der Waals surface area (Å²) in [4.78, 5) is 27.0. The van der Waals surface area contributed by atoms with Crippen LogP contribution >= 0.6 is 0 Å². The van der Waals surface area contributed by atoms with Gasteiger partial charge in [0.1, 0.15) is 11.6 Å². The van der Waals surface area contributed by atoms with Crippen molar-refractivity contribution in [3.05, 3.63) is 71.3 Å². The number of hydrogen-bond acceptors (Lipinski definition) is 2. The summed E-state index contributed by atoms with van der Waals surface area (Å²) in [5, 5.41) is 2.88. The van der Waals surface area contributed by atoms with Gasteiger partial charge in [0.05, 0.1) is 5.41 Å². The van der Waals surface area contributed by atoms with Crippen molar-refractivity contribution in [3.63, 3.8) is 0 Å². The Balaban J connectivity index is 1.65. The normalized spacial score (nSPS) is 19.6. The highest BCUT2D eigenvalue weighted by atomic mass is 19.1. The number of nitrogens with one attached hydrogen (secondary N) is 1. The van der Waals surface area contributed by atoms with E-state index in [-0.39, 0.29) is 29.7 Å². The van der Waals surface area contributed by atoms with Gasteiger partial charge in [0, 0.05) is 25.2 Å². The van der Waals surface area contributed by atoms with E-state index >= 15 is 0 Å². The molecule has 1 fully saturated rings. The van der Waals surface area contributed by atoms with E-state index in [1.807, 2.05) is 6.92 Å². The third-order valence-electron chi connectivity index (χ3n) is 4.97. The largest absolute Gasteiger partial charge is 0.351 e. The lowest BCUT2D eigenvalue weighted by Gasteiger charge is -2.39. The van der Waals surface area contributed by atoms with Crippen LogP contribution in [0, 0.1) is 17.0 Å². The van der Waals surface area contributed by atoms with Gasteiger partial charge in [0.2, 0.25) is 5.91 Å². The SMILES string of the molecule is CC1(C(=O)NCc2ccc(F)cc2)CCCN(C(=O)c2cccc(F)c2)C1. The monoisotopic (exact) mass is 372 g/mol. The summed E-state index contributed by atoms with van der Waals surface area (Å²) in [5.41, 5.74) is 0.365. The van der Waals surface area contributed by atoms with Crippen molar-refractivity contribution in [2.75, 3.05) is 13.1 Å². The van der Waals surface area contributed by atoms with Crippen molar-refractivity contribution in [1.82, 2.24) is 10.2 Å². The molecule has 4 nitrogen and oxygen atoms in total. The van der Waals surface area contributed by atoms with Gasteiger partial charge in [-0.1, -0.05) is 18.2 Å². The number of rotatable bonds is 4. The maximum atomic E-state index is 13.4. The number of likely N-dealkylation sites (tertiary alicyclic amines) is 1. The lowest BCUT2D eigenvalue weighted by atomic mass is 9.80. The molecule has 0 saturated carbocycles. The molecule has 1 aliphatic heterocycles. The molecular formula is C21H22F2N2O2. The molecule has 0 spiro atoms. The maximum absolute atomic E-state index is 13.4. The summed E-state index contributed by atoms with van der Waals surface area (Å²) in [5.74, 6) is -1.20. The van der Waals surface area contributed by atoms with Gasteiger partial charge in [-0.05, 0) is 55.7 Å². The fraction of sp³-hybridized carbons (Fsp3) is 0.333. The molecule has 1 saturated heterocycles. The number of piperidine rings is 1. The van der Waals surface area contributed by atoms with Crippen LogP contribution < -0.4 is 5.32 Å². The second-order valence-corrected chi connectivity index (χ2v) is 7.21. The highest BCUT2D eigenvalue weighted by Crippen LogP contribution is 2.30. The first kappa shape index (κ1) is 19.0. The van der Waals surface area contributed by atoms with Crippen molar-refractivity contribution in [2.24, 2.45) is 5.41 Å². The van der Waals surface area contributed by atoms with Gasteiger partial charge < -0.3 is 10.2 Å². The Morgan fingerprint density at radius 2 is 1.85 bits per heavy atom. The van der Waals surface area contributed by atoms with Crippen molar-refractivity contribution < 1.29 is 18.4 Å². The van der Waals surface area contributed by atoms with Crippen LogP contribution in [-0.4, -0.2) is 29.8 Å². The molecular weight excluding hydrogens is 350 g/mol. The molecule has 2 amide bonds. The lowest BCUT2D eigenvalue weighted by molar-refractivity contribution is -0.132. The molecule has 1 aliphatic rings. The van der Waals surface area contributed by atoms with Gasteiger partial charge in [-0.3, -0.25) is 9.59 Å². The number of amides is 2. The summed E-state index contributed by atoms with van der Waals surface area (Å²) in [6.45, 7) is 2.94.